The van der Waals surface area contributed by atoms with Gasteiger partial charge < -0.3 is 10.2 Å². The number of hydrogen-bond donors (Lipinski definition) is 1. The minimum atomic E-state index is -0.238. The van der Waals surface area contributed by atoms with Gasteiger partial charge in [-0.2, -0.15) is 5.10 Å². The second kappa shape index (κ2) is 10.3. The maximum Gasteiger partial charge on any atom is 0.264 e. The summed E-state index contributed by atoms with van der Waals surface area (Å²) in [6.07, 6.45) is 0.833. The molecule has 0 fully saturated rings. The van der Waals surface area contributed by atoms with Gasteiger partial charge >= 0.3 is 0 Å². The van der Waals surface area contributed by atoms with Crippen LogP contribution < -0.4 is 5.32 Å². The summed E-state index contributed by atoms with van der Waals surface area (Å²) in [6.45, 7) is 13.1. The minimum absolute atomic E-state index is 0.00664. The highest BCUT2D eigenvalue weighted by atomic mass is 32.1. The quantitative estimate of drug-likeness (QED) is 0.465. The zero-order chi connectivity index (χ0) is 24.2. The fraction of sp³-hybridized carbons (Fsp3) is 0.423. The Morgan fingerprint density at radius 1 is 1.15 bits per heavy atom. The van der Waals surface area contributed by atoms with Gasteiger partial charge in [-0.15, -0.1) is 11.3 Å². The molecule has 0 aliphatic rings. The Kier molecular flexibility index (Phi) is 7.74. The van der Waals surface area contributed by atoms with Crippen molar-refractivity contribution in [2.24, 2.45) is 5.92 Å². The van der Waals surface area contributed by atoms with Gasteiger partial charge in [0, 0.05) is 18.0 Å². The van der Waals surface area contributed by atoms with E-state index < -0.39 is 0 Å². The Labute approximate surface area is 200 Å². The highest BCUT2D eigenvalue weighted by Crippen LogP contribution is 2.26. The highest BCUT2D eigenvalue weighted by molar-refractivity contribution is 7.12. The molecule has 176 valence electrons. The predicted molar refractivity (Wildman–Crippen MR) is 135 cm³/mol. The number of aryl methyl sites for hydroxylation is 1. The zero-order valence-electron chi connectivity index (χ0n) is 20.4. The largest absolute Gasteiger partial charge is 0.329 e. The molecule has 0 saturated carbocycles. The van der Waals surface area contributed by atoms with Crippen LogP contribution in [0.25, 0.3) is 5.69 Å². The van der Waals surface area contributed by atoms with E-state index in [9.17, 15) is 9.59 Å². The molecule has 0 saturated heterocycles. The first-order chi connectivity index (χ1) is 15.5. The molecule has 0 atom stereocenters. The van der Waals surface area contributed by atoms with Crippen molar-refractivity contribution in [1.82, 2.24) is 14.7 Å². The molecule has 0 radical (unpaired) electrons. The summed E-state index contributed by atoms with van der Waals surface area (Å²) >= 11 is 1.39. The van der Waals surface area contributed by atoms with Gasteiger partial charge in [-0.3, -0.25) is 9.59 Å². The van der Waals surface area contributed by atoms with Crippen molar-refractivity contribution in [3.8, 4) is 5.69 Å². The number of carbonyl (C=O) groups is 2. The summed E-state index contributed by atoms with van der Waals surface area (Å²) in [5, 5.41) is 9.67. The SMILES string of the molecule is Cc1cccc(-n2nc(C(C)(C)C)cc2NC(=O)CN(CCC(C)C)C(=O)c2cccs2)c1. The minimum Gasteiger partial charge on any atom is -0.329 e. The Hall–Kier alpha value is -2.93. The van der Waals surface area contributed by atoms with E-state index in [2.05, 4.69) is 39.9 Å². The fourth-order valence-electron chi connectivity index (χ4n) is 3.37. The van der Waals surface area contributed by atoms with E-state index in [1.807, 2.05) is 48.7 Å². The molecule has 0 aliphatic carbocycles. The lowest BCUT2D eigenvalue weighted by molar-refractivity contribution is -0.117. The van der Waals surface area contributed by atoms with Crippen LogP contribution in [-0.4, -0.2) is 39.6 Å². The summed E-state index contributed by atoms with van der Waals surface area (Å²) in [7, 11) is 0. The van der Waals surface area contributed by atoms with E-state index in [1.54, 1.807) is 15.6 Å². The third-order valence-electron chi connectivity index (χ3n) is 5.32. The second-order valence-electron chi connectivity index (χ2n) is 9.85. The van der Waals surface area contributed by atoms with Crippen LogP contribution in [0, 0.1) is 12.8 Å². The smallest absolute Gasteiger partial charge is 0.264 e. The fourth-order valence-corrected chi connectivity index (χ4v) is 4.06. The molecule has 0 aliphatic heterocycles. The number of carbonyl (C=O) groups excluding carboxylic acids is 2. The van der Waals surface area contributed by atoms with Crippen LogP contribution >= 0.6 is 11.3 Å². The van der Waals surface area contributed by atoms with Gasteiger partial charge in [0.1, 0.15) is 12.4 Å². The van der Waals surface area contributed by atoms with Gasteiger partial charge in [0.25, 0.3) is 5.91 Å². The van der Waals surface area contributed by atoms with E-state index in [0.29, 0.717) is 23.2 Å². The van der Waals surface area contributed by atoms with E-state index in [-0.39, 0.29) is 23.8 Å². The van der Waals surface area contributed by atoms with Crippen molar-refractivity contribution < 1.29 is 9.59 Å². The number of anilines is 1. The zero-order valence-corrected chi connectivity index (χ0v) is 21.2. The summed E-state index contributed by atoms with van der Waals surface area (Å²) in [5.74, 6) is 0.688. The van der Waals surface area contributed by atoms with Crippen molar-refractivity contribution in [2.45, 2.75) is 53.4 Å². The molecule has 0 spiro atoms. The van der Waals surface area contributed by atoms with Crippen LogP contribution in [-0.2, 0) is 10.2 Å². The molecule has 33 heavy (non-hydrogen) atoms. The summed E-state index contributed by atoms with van der Waals surface area (Å²) in [4.78, 5) is 28.4. The maximum atomic E-state index is 13.1. The lowest BCUT2D eigenvalue weighted by atomic mass is 9.92. The van der Waals surface area contributed by atoms with Crippen LogP contribution in [0.4, 0.5) is 5.82 Å². The normalized spacial score (nSPS) is 11.6. The average Bonchev–Trinajstić information content (AvgIpc) is 3.40. The summed E-state index contributed by atoms with van der Waals surface area (Å²) < 4.78 is 1.77. The first-order valence-corrected chi connectivity index (χ1v) is 12.2. The van der Waals surface area contributed by atoms with Crippen LogP contribution in [0.2, 0.25) is 0 Å². The molecular formula is C26H34N4O2S. The molecule has 1 N–H and O–H groups in total. The van der Waals surface area contributed by atoms with Crippen LogP contribution in [0.3, 0.4) is 0 Å². The lowest BCUT2D eigenvalue weighted by Gasteiger charge is -2.22. The van der Waals surface area contributed by atoms with Gasteiger partial charge in [0.05, 0.1) is 16.3 Å². The number of thiophene rings is 1. The maximum absolute atomic E-state index is 13.1. The van der Waals surface area contributed by atoms with Gasteiger partial charge in [-0.05, 0) is 48.4 Å². The predicted octanol–water partition coefficient (Wildman–Crippen LogP) is 5.67. The van der Waals surface area contributed by atoms with Gasteiger partial charge in [-0.25, -0.2) is 4.68 Å². The second-order valence-corrected chi connectivity index (χ2v) is 10.8. The molecule has 7 heteroatoms. The van der Waals surface area contributed by atoms with Gasteiger partial charge in [0.15, 0.2) is 0 Å². The van der Waals surface area contributed by atoms with Crippen molar-refractivity contribution >= 4 is 29.0 Å². The Morgan fingerprint density at radius 2 is 1.91 bits per heavy atom. The monoisotopic (exact) mass is 466 g/mol. The molecule has 3 aromatic rings. The van der Waals surface area contributed by atoms with Crippen molar-refractivity contribution in [3.63, 3.8) is 0 Å². The molecular weight excluding hydrogens is 432 g/mol. The van der Waals surface area contributed by atoms with Crippen molar-refractivity contribution in [2.75, 3.05) is 18.4 Å². The molecule has 3 rings (SSSR count). The average molecular weight is 467 g/mol. The Morgan fingerprint density at radius 3 is 2.52 bits per heavy atom. The van der Waals surface area contributed by atoms with Crippen molar-refractivity contribution in [1.29, 1.82) is 0 Å². The Balaban J connectivity index is 1.85. The lowest BCUT2D eigenvalue weighted by Crippen LogP contribution is -2.39. The highest BCUT2D eigenvalue weighted by Gasteiger charge is 2.24. The standard InChI is InChI=1S/C26H34N4O2S/c1-18(2)12-13-29(25(32)21-11-8-14-33-21)17-24(31)27-23-16-22(26(4,5)6)28-30(23)20-10-7-9-19(3)15-20/h7-11,14-16,18H,12-13,17H2,1-6H3,(H,27,31). The number of aromatic nitrogens is 2. The van der Waals surface area contributed by atoms with Crippen LogP contribution in [0.5, 0.6) is 0 Å². The third kappa shape index (κ3) is 6.54. The van der Waals surface area contributed by atoms with E-state index in [1.165, 1.54) is 11.3 Å². The number of benzene rings is 1. The van der Waals surface area contributed by atoms with E-state index in [4.69, 9.17) is 5.10 Å². The molecule has 2 aromatic heterocycles. The summed E-state index contributed by atoms with van der Waals surface area (Å²) in [5.41, 5.74) is 2.70. The number of nitrogens with zero attached hydrogens (tertiary/aromatic N) is 3. The summed E-state index contributed by atoms with van der Waals surface area (Å²) in [6, 6.07) is 13.6. The first-order valence-electron chi connectivity index (χ1n) is 11.3. The molecule has 2 amide bonds. The first kappa shape index (κ1) is 24.7. The van der Waals surface area contributed by atoms with Gasteiger partial charge in [0.2, 0.25) is 5.91 Å². The topological polar surface area (TPSA) is 67.2 Å². The molecule has 6 nitrogen and oxygen atoms in total. The molecule has 0 unspecified atom stereocenters. The van der Waals surface area contributed by atoms with Crippen LogP contribution in [0.15, 0.2) is 47.8 Å². The molecule has 0 bridgehead atoms. The third-order valence-corrected chi connectivity index (χ3v) is 6.18. The number of hydrogen-bond acceptors (Lipinski definition) is 4. The van der Waals surface area contributed by atoms with Crippen molar-refractivity contribution in [3.05, 3.63) is 64.0 Å². The van der Waals surface area contributed by atoms with Gasteiger partial charge in [-0.1, -0.05) is 52.8 Å². The van der Waals surface area contributed by atoms with E-state index >= 15 is 0 Å². The number of rotatable bonds is 8. The molecule has 1 aromatic carbocycles. The Bertz CT molecular complexity index is 1090. The van der Waals surface area contributed by atoms with E-state index in [0.717, 1.165) is 23.4 Å². The van der Waals surface area contributed by atoms with Crippen LogP contribution in [0.1, 0.15) is 62.0 Å². The number of amides is 2. The molecule has 2 heterocycles. The number of nitrogens with one attached hydrogen (secondary N) is 1.